The van der Waals surface area contributed by atoms with Crippen molar-refractivity contribution in [1.29, 1.82) is 0 Å². The van der Waals surface area contributed by atoms with Crippen molar-refractivity contribution in [3.63, 3.8) is 0 Å². The Hall–Kier alpha value is -0.660. The molecule has 21 heavy (non-hydrogen) atoms. The molecule has 1 atom stereocenters. The van der Waals surface area contributed by atoms with Gasteiger partial charge in [0, 0.05) is 19.7 Å². The van der Waals surface area contributed by atoms with E-state index in [9.17, 15) is 8.42 Å². The average Bonchev–Trinajstić information content (AvgIpc) is 2.48. The van der Waals surface area contributed by atoms with E-state index in [1.165, 1.54) is 0 Å². The summed E-state index contributed by atoms with van der Waals surface area (Å²) in [5.41, 5.74) is 0.871. The van der Waals surface area contributed by atoms with Crippen molar-refractivity contribution in [2.75, 3.05) is 20.2 Å². The normalized spacial score (nSPS) is 19.6. The maximum atomic E-state index is 12.4. The summed E-state index contributed by atoms with van der Waals surface area (Å²) in [5, 5.41) is 3.22. The lowest BCUT2D eigenvalue weighted by molar-refractivity contribution is 0.0200. The Labute approximate surface area is 131 Å². The van der Waals surface area contributed by atoms with Crippen LogP contribution in [0.1, 0.15) is 24.8 Å². The molecule has 1 aromatic carbocycles. The first-order chi connectivity index (χ1) is 10.0. The molecule has 0 bridgehead atoms. The highest BCUT2D eigenvalue weighted by atomic mass is 35.5. The topological polar surface area (TPSA) is 67.4 Å². The van der Waals surface area contributed by atoms with Crippen molar-refractivity contribution in [2.45, 2.75) is 36.8 Å². The van der Waals surface area contributed by atoms with E-state index in [0.29, 0.717) is 13.2 Å². The Bertz CT molecular complexity index is 572. The molecule has 0 radical (unpaired) electrons. The van der Waals surface area contributed by atoms with Crippen molar-refractivity contribution < 1.29 is 13.2 Å². The number of nitrogens with one attached hydrogen (secondary N) is 2. The minimum atomic E-state index is -3.62. The Morgan fingerprint density at radius 3 is 2.86 bits per heavy atom. The van der Waals surface area contributed by atoms with Gasteiger partial charge in [0.05, 0.1) is 11.1 Å². The summed E-state index contributed by atoms with van der Waals surface area (Å²) < 4.78 is 32.9. The first kappa shape index (κ1) is 16.7. The highest BCUT2D eigenvalue weighted by molar-refractivity contribution is 7.89. The van der Waals surface area contributed by atoms with Gasteiger partial charge in [-0.3, -0.25) is 0 Å². The molecule has 5 nitrogen and oxygen atoms in total. The molecule has 0 aromatic heterocycles. The van der Waals surface area contributed by atoms with Crippen molar-refractivity contribution in [3.8, 4) is 0 Å². The summed E-state index contributed by atoms with van der Waals surface area (Å²) in [5.74, 6) is 0. The molecule has 2 N–H and O–H groups in total. The van der Waals surface area contributed by atoms with Gasteiger partial charge in [0.2, 0.25) is 10.0 Å². The summed E-state index contributed by atoms with van der Waals surface area (Å²) in [6, 6.07) is 5.02. The number of hydrogen-bond donors (Lipinski definition) is 2. The fourth-order valence-corrected chi connectivity index (χ4v) is 3.93. The van der Waals surface area contributed by atoms with Crippen LogP contribution in [0.5, 0.6) is 0 Å². The van der Waals surface area contributed by atoms with Gasteiger partial charge in [0.25, 0.3) is 0 Å². The van der Waals surface area contributed by atoms with E-state index >= 15 is 0 Å². The summed E-state index contributed by atoms with van der Waals surface area (Å²) in [6.45, 7) is 1.57. The van der Waals surface area contributed by atoms with Gasteiger partial charge in [-0.25, -0.2) is 13.1 Å². The third-order valence-electron chi connectivity index (χ3n) is 3.44. The second-order valence-corrected chi connectivity index (χ2v) is 7.28. The molecule has 2 rings (SSSR count). The van der Waals surface area contributed by atoms with Crippen LogP contribution in [0.4, 0.5) is 0 Å². The van der Waals surface area contributed by atoms with Crippen LogP contribution >= 0.6 is 11.6 Å². The Balaban J connectivity index is 2.08. The monoisotopic (exact) mass is 332 g/mol. The van der Waals surface area contributed by atoms with E-state index in [0.717, 1.165) is 24.8 Å². The van der Waals surface area contributed by atoms with Crippen molar-refractivity contribution >= 4 is 21.6 Å². The Kier molecular flexibility index (Phi) is 6.01. The number of sulfonamides is 1. The molecule has 0 saturated carbocycles. The molecular weight excluding hydrogens is 312 g/mol. The highest BCUT2D eigenvalue weighted by Gasteiger charge is 2.21. The third kappa shape index (κ3) is 4.66. The molecule has 0 spiro atoms. The second kappa shape index (κ2) is 7.56. The smallest absolute Gasteiger partial charge is 0.242 e. The van der Waals surface area contributed by atoms with E-state index in [1.807, 2.05) is 6.07 Å². The van der Waals surface area contributed by atoms with Crippen LogP contribution < -0.4 is 10.0 Å². The summed E-state index contributed by atoms with van der Waals surface area (Å²) in [6.07, 6.45) is 2.95. The molecule has 1 aromatic rings. The lowest BCUT2D eigenvalue weighted by atomic mass is 10.1. The SMILES string of the molecule is CNCc1ccc(Cl)c(S(=O)(=O)NCC2CCCCO2)c1. The molecule has 1 fully saturated rings. The van der Waals surface area contributed by atoms with E-state index in [1.54, 1.807) is 19.2 Å². The van der Waals surface area contributed by atoms with Crippen LogP contribution in [0, 0.1) is 0 Å². The quantitative estimate of drug-likeness (QED) is 0.835. The fraction of sp³-hybridized carbons (Fsp3) is 0.571. The van der Waals surface area contributed by atoms with Gasteiger partial charge >= 0.3 is 0 Å². The highest BCUT2D eigenvalue weighted by Crippen LogP contribution is 2.23. The van der Waals surface area contributed by atoms with Crippen molar-refractivity contribution in [2.24, 2.45) is 0 Å². The summed E-state index contributed by atoms with van der Waals surface area (Å²) >= 11 is 6.03. The van der Waals surface area contributed by atoms with E-state index in [2.05, 4.69) is 10.0 Å². The van der Waals surface area contributed by atoms with Gasteiger partial charge in [-0.1, -0.05) is 17.7 Å². The molecule has 0 amide bonds. The van der Waals surface area contributed by atoms with Gasteiger partial charge in [-0.15, -0.1) is 0 Å². The lowest BCUT2D eigenvalue weighted by Gasteiger charge is -2.22. The summed E-state index contributed by atoms with van der Waals surface area (Å²) in [4.78, 5) is 0.118. The zero-order valence-corrected chi connectivity index (χ0v) is 13.6. The molecule has 118 valence electrons. The lowest BCUT2D eigenvalue weighted by Crippen LogP contribution is -2.35. The van der Waals surface area contributed by atoms with Crippen LogP contribution in [0.2, 0.25) is 5.02 Å². The van der Waals surface area contributed by atoms with E-state index < -0.39 is 10.0 Å². The number of halogens is 1. The first-order valence-corrected chi connectivity index (χ1v) is 8.93. The van der Waals surface area contributed by atoms with Gasteiger partial charge in [-0.2, -0.15) is 0 Å². The number of hydrogen-bond acceptors (Lipinski definition) is 4. The predicted molar refractivity (Wildman–Crippen MR) is 83.0 cm³/mol. The minimum Gasteiger partial charge on any atom is -0.377 e. The van der Waals surface area contributed by atoms with Gasteiger partial charge < -0.3 is 10.1 Å². The first-order valence-electron chi connectivity index (χ1n) is 7.07. The average molecular weight is 333 g/mol. The minimum absolute atomic E-state index is 0.0483. The third-order valence-corrected chi connectivity index (χ3v) is 5.35. The predicted octanol–water partition coefficient (Wildman–Crippen LogP) is 1.91. The van der Waals surface area contributed by atoms with Crippen molar-refractivity contribution in [1.82, 2.24) is 10.0 Å². The maximum absolute atomic E-state index is 12.4. The largest absolute Gasteiger partial charge is 0.377 e. The van der Waals surface area contributed by atoms with E-state index in [-0.39, 0.29) is 22.6 Å². The summed E-state index contributed by atoms with van der Waals surface area (Å²) in [7, 11) is -1.81. The molecule has 1 unspecified atom stereocenters. The second-order valence-electron chi connectivity index (χ2n) is 5.14. The molecule has 1 heterocycles. The molecule has 1 saturated heterocycles. The van der Waals surface area contributed by atoms with Gasteiger partial charge in [-0.05, 0) is 44.0 Å². The number of rotatable bonds is 6. The van der Waals surface area contributed by atoms with Gasteiger partial charge in [0.15, 0.2) is 0 Å². The molecule has 1 aliphatic heterocycles. The number of ether oxygens (including phenoxy) is 1. The van der Waals surface area contributed by atoms with Crippen LogP contribution in [-0.2, 0) is 21.3 Å². The zero-order chi connectivity index (χ0) is 15.3. The Morgan fingerprint density at radius 1 is 1.38 bits per heavy atom. The van der Waals surface area contributed by atoms with Crippen LogP contribution in [0.25, 0.3) is 0 Å². The van der Waals surface area contributed by atoms with Gasteiger partial charge in [0.1, 0.15) is 4.90 Å². The van der Waals surface area contributed by atoms with Crippen LogP contribution in [0.15, 0.2) is 23.1 Å². The molecule has 0 aliphatic carbocycles. The molecular formula is C14H21ClN2O3S. The fourth-order valence-electron chi connectivity index (χ4n) is 2.32. The molecule has 1 aliphatic rings. The standard InChI is InChI=1S/C14H21ClN2O3S/c1-16-9-11-5-6-13(15)14(8-11)21(18,19)17-10-12-4-2-3-7-20-12/h5-6,8,12,16-17H,2-4,7,9-10H2,1H3. The van der Waals surface area contributed by atoms with E-state index in [4.69, 9.17) is 16.3 Å². The zero-order valence-electron chi connectivity index (χ0n) is 12.1. The molecule has 7 heteroatoms. The van der Waals surface area contributed by atoms with Crippen LogP contribution in [-0.4, -0.2) is 34.7 Å². The van der Waals surface area contributed by atoms with Crippen LogP contribution in [0.3, 0.4) is 0 Å². The maximum Gasteiger partial charge on any atom is 0.242 e. The Morgan fingerprint density at radius 2 is 2.19 bits per heavy atom. The van der Waals surface area contributed by atoms with Crippen molar-refractivity contribution in [3.05, 3.63) is 28.8 Å². The number of benzene rings is 1.